The Bertz CT molecular complexity index is 44.9. The summed E-state index contributed by atoms with van der Waals surface area (Å²) in [6.07, 6.45) is 0. The van der Waals surface area contributed by atoms with Crippen LogP contribution in [0.15, 0.2) is 0 Å². The van der Waals surface area contributed by atoms with Crippen LogP contribution in [0.1, 0.15) is 0 Å². The Labute approximate surface area is 42.0 Å². The first kappa shape index (κ1) is 5.68. The second kappa shape index (κ2) is 2.90. The molecule has 0 saturated carbocycles. The molecule has 1 N–H and O–H groups in total. The monoisotopic (exact) mass is 173 g/mol. The summed E-state index contributed by atoms with van der Waals surface area (Å²) in [6.45, 7) is 0. The van der Waals surface area contributed by atoms with Crippen molar-refractivity contribution < 1.29 is 4.11 Å². The minimum absolute atomic E-state index is 0.762. The number of nitrogens with one attached hydrogen (secondary N) is 1. The van der Waals surface area contributed by atoms with Crippen molar-refractivity contribution in [1.82, 2.24) is 4.65 Å². The zero-order valence-electron chi connectivity index (χ0n) is 2.79. The third kappa shape index (κ3) is 4.68. The molecule has 5 heteroatoms. The standard InChI is InChI=1S/FH4NSeSi2/c1-5(3)2-4/h2H,4H3. The Hall–Kier alpha value is 0.683. The van der Waals surface area contributed by atoms with Crippen LogP contribution in [0.2, 0.25) is 0 Å². The second-order valence-corrected chi connectivity index (χ2v) is 5.33. The van der Waals surface area contributed by atoms with Crippen molar-refractivity contribution >= 4 is 32.7 Å². The van der Waals surface area contributed by atoms with E-state index in [1.165, 1.54) is 0 Å². The molecule has 0 radical (unpaired) electrons. The van der Waals surface area contributed by atoms with E-state index >= 15 is 0 Å². The average Bonchev–Trinajstić information content (AvgIpc) is 1.38. The topological polar surface area (TPSA) is 12.0 Å². The number of hydrogen-bond acceptors (Lipinski definition) is 1. The molecule has 0 aliphatic heterocycles. The first-order valence-electron chi connectivity index (χ1n) is 1.14. The van der Waals surface area contributed by atoms with Gasteiger partial charge in [-0.15, -0.1) is 0 Å². The van der Waals surface area contributed by atoms with Gasteiger partial charge in [0.1, 0.15) is 0 Å². The van der Waals surface area contributed by atoms with E-state index < -0.39 is 7.44 Å². The molecule has 0 heterocycles. The first-order valence-corrected chi connectivity index (χ1v) is 6.00. The van der Waals surface area contributed by atoms with Crippen LogP contribution in [0.5, 0.6) is 0 Å². The van der Waals surface area contributed by atoms with Gasteiger partial charge in [-0.1, -0.05) is 0 Å². The fourth-order valence-corrected chi connectivity index (χ4v) is 0. The second-order valence-electron chi connectivity index (χ2n) is 0.524. The van der Waals surface area contributed by atoms with Crippen molar-refractivity contribution in [3.63, 3.8) is 0 Å². The summed E-state index contributed by atoms with van der Waals surface area (Å²) in [7, 11) is -0.925. The van der Waals surface area contributed by atoms with Crippen LogP contribution in [-0.2, 0) is 0 Å². The number of rotatable bonds is 1. The molecule has 0 amide bonds. The van der Waals surface area contributed by atoms with Gasteiger partial charge < -0.3 is 0 Å². The van der Waals surface area contributed by atoms with E-state index in [0.29, 0.717) is 0 Å². The van der Waals surface area contributed by atoms with Gasteiger partial charge in [-0.25, -0.2) is 0 Å². The van der Waals surface area contributed by atoms with Gasteiger partial charge in [0.25, 0.3) is 0 Å². The van der Waals surface area contributed by atoms with Gasteiger partial charge in [-0.3, -0.25) is 0 Å². The molecular formula is H4FNSeSi2. The predicted octanol–water partition coefficient (Wildman–Crippen LogP) is -2.02. The number of halogens is 1. The van der Waals surface area contributed by atoms with E-state index in [-0.39, 0.29) is 0 Å². The zero-order valence-corrected chi connectivity index (χ0v) is 7.50. The normalized spacial score (nSPS) is 7.40. The quantitative estimate of drug-likeness (QED) is 0.355. The molecule has 0 saturated heterocycles. The van der Waals surface area contributed by atoms with Crippen molar-refractivity contribution in [2.75, 3.05) is 0 Å². The summed E-state index contributed by atoms with van der Waals surface area (Å²) in [5, 5.41) is 0. The molecule has 0 aromatic rings. The molecule has 0 aromatic heterocycles. The third-order valence-corrected chi connectivity index (χ3v) is 5.62. The Balaban J connectivity index is 2.85. The molecule has 0 fully saturated rings. The number of hydrogen-bond donors (Lipinski definition) is 1. The SMILES string of the molecule is F[Si](=[Se])N[SiH3]. The van der Waals surface area contributed by atoms with Gasteiger partial charge >= 0.3 is 41.5 Å². The van der Waals surface area contributed by atoms with Crippen molar-refractivity contribution in [2.24, 2.45) is 0 Å². The Morgan fingerprint density at radius 1 is 2.00 bits per heavy atom. The van der Waals surface area contributed by atoms with E-state index in [0.717, 1.165) is 10.4 Å². The zero-order chi connectivity index (χ0) is 4.28. The molecule has 0 aliphatic rings. The summed E-state index contributed by atoms with van der Waals surface area (Å²) < 4.78 is 13.9. The summed E-state index contributed by atoms with van der Waals surface area (Å²) in [5.74, 6) is 0. The minimum atomic E-state index is -1.69. The molecule has 0 unspecified atom stereocenters. The van der Waals surface area contributed by atoms with E-state index in [2.05, 4.69) is 19.5 Å². The summed E-state index contributed by atoms with van der Waals surface area (Å²) in [4.78, 5) is 0. The molecule has 5 heavy (non-hydrogen) atoms. The molecule has 0 spiro atoms. The van der Waals surface area contributed by atoms with Crippen molar-refractivity contribution in [3.05, 3.63) is 0 Å². The maximum atomic E-state index is 11.4. The Morgan fingerprint density at radius 3 is 2.20 bits per heavy atom. The predicted molar refractivity (Wildman–Crippen MR) is 25.7 cm³/mol. The molecule has 0 aromatic carbocycles. The van der Waals surface area contributed by atoms with Crippen molar-refractivity contribution in [2.45, 2.75) is 0 Å². The van der Waals surface area contributed by atoms with Gasteiger partial charge in [0.05, 0.1) is 0 Å². The van der Waals surface area contributed by atoms with Crippen LogP contribution in [0.3, 0.4) is 0 Å². The molecule has 0 bridgehead atoms. The van der Waals surface area contributed by atoms with Crippen LogP contribution in [-0.4, -0.2) is 32.7 Å². The van der Waals surface area contributed by atoms with Crippen LogP contribution in [0.4, 0.5) is 4.11 Å². The van der Waals surface area contributed by atoms with Gasteiger partial charge in [0.15, 0.2) is 0 Å². The van der Waals surface area contributed by atoms with Gasteiger partial charge in [0.2, 0.25) is 0 Å². The summed E-state index contributed by atoms with van der Waals surface area (Å²) >= 11 is 2.35. The fourth-order valence-electron chi connectivity index (χ4n) is 0. The fraction of sp³-hybridized carbons (Fsp3) is 0. The van der Waals surface area contributed by atoms with Crippen LogP contribution >= 0.6 is 0 Å². The van der Waals surface area contributed by atoms with Crippen molar-refractivity contribution in [1.29, 1.82) is 0 Å². The van der Waals surface area contributed by atoms with Crippen LogP contribution in [0, 0.1) is 0 Å². The molecular weight excluding hydrogens is 168 g/mol. The summed E-state index contributed by atoms with van der Waals surface area (Å²) in [5.41, 5.74) is 0. The maximum absolute atomic E-state index is 11.4. The van der Waals surface area contributed by atoms with Crippen LogP contribution < -0.4 is 4.65 Å². The van der Waals surface area contributed by atoms with Crippen molar-refractivity contribution in [3.8, 4) is 0 Å². The molecule has 0 atom stereocenters. The van der Waals surface area contributed by atoms with E-state index in [4.69, 9.17) is 0 Å². The van der Waals surface area contributed by atoms with Gasteiger partial charge in [-0.2, -0.15) is 0 Å². The van der Waals surface area contributed by atoms with Gasteiger partial charge in [-0.05, 0) is 0 Å². The Kier molecular flexibility index (Phi) is 3.29. The molecule has 0 rings (SSSR count). The molecule has 30 valence electrons. The average molecular weight is 172 g/mol. The molecule has 0 aliphatic carbocycles. The Morgan fingerprint density at radius 2 is 2.20 bits per heavy atom. The third-order valence-electron chi connectivity index (χ3n) is 0.197. The van der Waals surface area contributed by atoms with E-state index in [1.54, 1.807) is 0 Å². The summed E-state index contributed by atoms with van der Waals surface area (Å²) in [6, 6.07) is 0. The van der Waals surface area contributed by atoms with Gasteiger partial charge in [0, 0.05) is 0 Å². The van der Waals surface area contributed by atoms with E-state index in [9.17, 15) is 4.11 Å². The van der Waals surface area contributed by atoms with Crippen LogP contribution in [0.25, 0.3) is 0 Å². The van der Waals surface area contributed by atoms with E-state index in [1.807, 2.05) is 0 Å². The molecule has 1 nitrogen and oxygen atoms in total. The first-order chi connectivity index (χ1) is 2.27.